The number of nitrogens with zero attached hydrogens (tertiary/aromatic N) is 3. The number of hydrogen-bond donors (Lipinski definition) is 6. The molecule has 1 aromatic heterocycles. The Morgan fingerprint density at radius 1 is 1.27 bits per heavy atom. The number of aliphatic carboxylic acids is 2. The molecule has 2 aliphatic rings. The molecule has 0 bridgehead atoms. The maximum absolute atomic E-state index is 12.4. The van der Waals surface area contributed by atoms with Crippen LogP contribution in [0.5, 0.6) is 0 Å². The number of nitrogens with two attached hydrogens (primary N) is 1. The Balaban J connectivity index is 1.49. The Labute approximate surface area is 186 Å². The lowest BCUT2D eigenvalue weighted by Crippen LogP contribution is -2.41. The zero-order valence-corrected chi connectivity index (χ0v) is 17.3. The fraction of sp³-hybridized carbons (Fsp3) is 0.300. The van der Waals surface area contributed by atoms with Gasteiger partial charge in [-0.1, -0.05) is 0 Å². The summed E-state index contributed by atoms with van der Waals surface area (Å²) in [7, 11) is 0. The van der Waals surface area contributed by atoms with E-state index in [1.165, 1.54) is 0 Å². The van der Waals surface area contributed by atoms with E-state index in [4.69, 9.17) is 10.8 Å². The molecule has 2 aromatic rings. The van der Waals surface area contributed by atoms with Crippen molar-refractivity contribution < 1.29 is 29.2 Å². The van der Waals surface area contributed by atoms with Gasteiger partial charge in [-0.25, -0.2) is 14.3 Å². The average Bonchev–Trinajstić information content (AvgIpc) is 3.20. The molecule has 172 valence electrons. The molecule has 0 saturated carbocycles. The van der Waals surface area contributed by atoms with Gasteiger partial charge in [0.05, 0.1) is 6.54 Å². The number of carbonyl (C=O) groups is 3. The Morgan fingerprint density at radius 3 is 2.67 bits per heavy atom. The first-order chi connectivity index (χ1) is 15.7. The van der Waals surface area contributed by atoms with Crippen LogP contribution in [-0.4, -0.2) is 74.1 Å². The molecule has 7 N–H and O–H groups in total. The van der Waals surface area contributed by atoms with Gasteiger partial charge in [0.2, 0.25) is 18.0 Å². The molecule has 0 aliphatic carbocycles. The Kier molecular flexibility index (Phi) is 5.69. The van der Waals surface area contributed by atoms with Crippen LogP contribution in [0, 0.1) is 0 Å². The highest BCUT2D eigenvalue weighted by molar-refractivity contribution is 5.97. The first kappa shape index (κ1) is 21.8. The fourth-order valence-corrected chi connectivity index (χ4v) is 3.81. The second-order valence-electron chi connectivity index (χ2n) is 7.70. The number of benzene rings is 1. The van der Waals surface area contributed by atoms with Crippen molar-refractivity contribution in [2.75, 3.05) is 29.0 Å². The van der Waals surface area contributed by atoms with Crippen LogP contribution >= 0.6 is 0 Å². The number of rotatable bonds is 7. The summed E-state index contributed by atoms with van der Waals surface area (Å²) in [6, 6.07) is 5.19. The summed E-state index contributed by atoms with van der Waals surface area (Å²) >= 11 is 0. The SMILES string of the molecule is Nc1nc2c(c(=O)[nH]1)[N+]1=CN(c3ccc(C(=O)N[C@H](CCC(=O)O)C(=O)O)cc3)CC1CN2. The molecule has 13 nitrogen and oxygen atoms in total. The van der Waals surface area contributed by atoms with Crippen LogP contribution in [0.4, 0.5) is 23.1 Å². The molecular formula is C20H22N7O6+. The summed E-state index contributed by atoms with van der Waals surface area (Å²) < 4.78 is 1.83. The average molecular weight is 456 g/mol. The standard InChI is InChI=1S/C20H21N7O6/c21-20-24-16-15(18(31)25-20)27-9-26(8-12(27)7-22-16)11-3-1-10(2-4-11)17(30)23-13(19(32)33)5-6-14(28)29/h1-4,9,12-13H,5-8H2,(H6-,21,22,23,24,25,28,29,30,31,32,33)/p+1/t12?,13-/m1/s1. The molecule has 2 aliphatic heterocycles. The summed E-state index contributed by atoms with van der Waals surface area (Å²) in [6.45, 7) is 1.14. The van der Waals surface area contributed by atoms with E-state index in [1.54, 1.807) is 30.6 Å². The minimum Gasteiger partial charge on any atom is -0.481 e. The van der Waals surface area contributed by atoms with Crippen LogP contribution < -0.4 is 26.8 Å². The minimum atomic E-state index is -1.30. The number of fused-ring (bicyclic) bond motifs is 3. The van der Waals surface area contributed by atoms with Gasteiger partial charge in [-0.3, -0.25) is 19.4 Å². The lowest BCUT2D eigenvalue weighted by molar-refractivity contribution is -0.468. The van der Waals surface area contributed by atoms with E-state index in [2.05, 4.69) is 20.6 Å². The van der Waals surface area contributed by atoms with Gasteiger partial charge in [-0.05, 0) is 30.7 Å². The summed E-state index contributed by atoms with van der Waals surface area (Å²) in [6.07, 6.45) is 1.20. The van der Waals surface area contributed by atoms with Crippen LogP contribution in [0.1, 0.15) is 23.2 Å². The van der Waals surface area contributed by atoms with E-state index in [9.17, 15) is 24.3 Å². The molecule has 0 radical (unpaired) electrons. The second-order valence-corrected chi connectivity index (χ2v) is 7.70. The van der Waals surface area contributed by atoms with Crippen molar-refractivity contribution in [2.45, 2.75) is 24.9 Å². The molecule has 1 amide bonds. The van der Waals surface area contributed by atoms with E-state index < -0.39 is 23.9 Å². The molecule has 0 fully saturated rings. The molecule has 2 atom stereocenters. The monoisotopic (exact) mass is 456 g/mol. The Morgan fingerprint density at radius 2 is 2.00 bits per heavy atom. The molecule has 13 heteroatoms. The van der Waals surface area contributed by atoms with Crippen molar-refractivity contribution >= 4 is 47.3 Å². The summed E-state index contributed by atoms with van der Waals surface area (Å²) in [5.74, 6) is -2.62. The number of carboxylic acids is 2. The molecule has 0 spiro atoms. The summed E-state index contributed by atoms with van der Waals surface area (Å²) in [4.78, 5) is 55.4. The van der Waals surface area contributed by atoms with Crippen molar-refractivity contribution in [3.05, 3.63) is 40.2 Å². The van der Waals surface area contributed by atoms with Crippen molar-refractivity contribution in [1.29, 1.82) is 0 Å². The maximum Gasteiger partial charge on any atom is 0.326 e. The first-order valence-corrected chi connectivity index (χ1v) is 10.1. The van der Waals surface area contributed by atoms with E-state index in [0.29, 0.717) is 24.6 Å². The van der Waals surface area contributed by atoms with Crippen LogP contribution in [0.3, 0.4) is 0 Å². The van der Waals surface area contributed by atoms with Crippen LogP contribution in [0.2, 0.25) is 0 Å². The van der Waals surface area contributed by atoms with Gasteiger partial charge in [-0.2, -0.15) is 4.98 Å². The zero-order chi connectivity index (χ0) is 23.7. The number of nitrogens with one attached hydrogen (secondary N) is 3. The van der Waals surface area contributed by atoms with Crippen LogP contribution in [0.25, 0.3) is 0 Å². The van der Waals surface area contributed by atoms with Gasteiger partial charge in [0.25, 0.3) is 5.91 Å². The molecular weight excluding hydrogens is 434 g/mol. The molecule has 3 heterocycles. The predicted octanol–water partition coefficient (Wildman–Crippen LogP) is -0.613. The Bertz CT molecular complexity index is 1210. The third-order valence-corrected chi connectivity index (χ3v) is 5.45. The Hall–Kier alpha value is -4.42. The third kappa shape index (κ3) is 4.46. The molecule has 33 heavy (non-hydrogen) atoms. The van der Waals surface area contributed by atoms with E-state index in [0.717, 1.165) is 5.69 Å². The second kappa shape index (κ2) is 8.61. The van der Waals surface area contributed by atoms with Gasteiger partial charge < -0.3 is 26.6 Å². The first-order valence-electron chi connectivity index (χ1n) is 10.1. The highest BCUT2D eigenvalue weighted by Crippen LogP contribution is 2.28. The van der Waals surface area contributed by atoms with Gasteiger partial charge in [0.1, 0.15) is 18.3 Å². The van der Waals surface area contributed by atoms with Gasteiger partial charge in [0, 0.05) is 12.0 Å². The van der Waals surface area contributed by atoms with E-state index in [-0.39, 0.29) is 36.0 Å². The van der Waals surface area contributed by atoms with Crippen molar-refractivity contribution in [3.63, 3.8) is 0 Å². The van der Waals surface area contributed by atoms with Crippen LogP contribution in [-0.2, 0) is 9.59 Å². The summed E-state index contributed by atoms with van der Waals surface area (Å²) in [5.41, 5.74) is 6.64. The number of nitrogen functional groups attached to an aromatic ring is 1. The smallest absolute Gasteiger partial charge is 0.326 e. The number of hydrogen-bond acceptors (Lipinski definition) is 8. The number of amides is 1. The van der Waals surface area contributed by atoms with Gasteiger partial charge in [0.15, 0.2) is 11.9 Å². The summed E-state index contributed by atoms with van der Waals surface area (Å²) in [5, 5.41) is 23.4. The molecule has 4 rings (SSSR count). The number of carbonyl (C=O) groups excluding carboxylic acids is 1. The highest BCUT2D eigenvalue weighted by atomic mass is 16.4. The van der Waals surface area contributed by atoms with Gasteiger partial charge >= 0.3 is 17.5 Å². The largest absolute Gasteiger partial charge is 0.481 e. The fourth-order valence-electron chi connectivity index (χ4n) is 3.81. The van der Waals surface area contributed by atoms with Crippen molar-refractivity contribution in [1.82, 2.24) is 15.3 Å². The number of carboxylic acid groups (broad SMARTS) is 2. The van der Waals surface area contributed by atoms with E-state index >= 15 is 0 Å². The number of aromatic nitrogens is 2. The highest BCUT2D eigenvalue weighted by Gasteiger charge is 2.39. The number of anilines is 3. The molecule has 1 unspecified atom stereocenters. The van der Waals surface area contributed by atoms with Crippen molar-refractivity contribution in [3.8, 4) is 0 Å². The quantitative estimate of drug-likeness (QED) is 0.293. The van der Waals surface area contributed by atoms with Gasteiger partial charge in [-0.15, -0.1) is 0 Å². The number of aromatic amines is 1. The lowest BCUT2D eigenvalue weighted by atomic mass is 10.1. The third-order valence-electron chi connectivity index (χ3n) is 5.45. The maximum atomic E-state index is 12.4. The van der Waals surface area contributed by atoms with Crippen molar-refractivity contribution in [2.24, 2.45) is 0 Å². The van der Waals surface area contributed by atoms with Crippen LogP contribution in [0.15, 0.2) is 29.1 Å². The molecule has 1 aromatic carbocycles. The molecule has 0 saturated heterocycles. The minimum absolute atomic E-state index is 0.0161. The topological polar surface area (TPSA) is 194 Å². The number of H-pyrrole nitrogens is 1. The lowest BCUT2D eigenvalue weighted by Gasteiger charge is -2.20. The predicted molar refractivity (Wildman–Crippen MR) is 117 cm³/mol. The van der Waals surface area contributed by atoms with E-state index in [1.807, 2.05) is 9.48 Å². The normalized spacial score (nSPS) is 17.3. The zero-order valence-electron chi connectivity index (χ0n) is 17.3.